The Morgan fingerprint density at radius 1 is 1.30 bits per heavy atom. The van der Waals surface area contributed by atoms with Crippen LogP contribution in [0.25, 0.3) is 17.0 Å². The van der Waals surface area contributed by atoms with E-state index in [0.717, 1.165) is 16.5 Å². The predicted octanol–water partition coefficient (Wildman–Crippen LogP) is 3.50. The molecule has 3 rings (SSSR count). The van der Waals surface area contributed by atoms with Crippen molar-refractivity contribution in [2.75, 3.05) is 5.32 Å². The molecular weight excluding hydrogens is 346 g/mol. The smallest absolute Gasteiger partial charge is 0.331 e. The summed E-state index contributed by atoms with van der Waals surface area (Å²) in [5.41, 5.74) is 1.58. The minimum absolute atomic E-state index is 0.282. The first-order valence-corrected chi connectivity index (χ1v) is 8.53. The van der Waals surface area contributed by atoms with E-state index in [4.69, 9.17) is 9.26 Å². The first-order valence-electron chi connectivity index (χ1n) is 8.53. The van der Waals surface area contributed by atoms with Crippen molar-refractivity contribution >= 4 is 34.7 Å². The molecule has 0 saturated carbocycles. The Hall–Kier alpha value is -3.48. The molecule has 2 aromatic heterocycles. The third kappa shape index (κ3) is 4.58. The van der Waals surface area contributed by atoms with Crippen LogP contribution in [0, 0.1) is 6.92 Å². The molecule has 0 fully saturated rings. The van der Waals surface area contributed by atoms with Gasteiger partial charge in [-0.2, -0.15) is 0 Å². The molecule has 1 N–H and O–H groups in total. The van der Waals surface area contributed by atoms with Crippen LogP contribution in [-0.4, -0.2) is 28.1 Å². The van der Waals surface area contributed by atoms with Crippen molar-refractivity contribution in [1.82, 2.24) is 10.1 Å². The number of aromatic nitrogens is 2. The van der Waals surface area contributed by atoms with Crippen molar-refractivity contribution in [1.29, 1.82) is 0 Å². The zero-order valence-electron chi connectivity index (χ0n) is 15.0. The van der Waals surface area contributed by atoms with Crippen molar-refractivity contribution in [2.45, 2.75) is 26.4 Å². The lowest BCUT2D eigenvalue weighted by molar-refractivity contribution is -0.149. The average molecular weight is 365 g/mol. The molecule has 27 heavy (non-hydrogen) atoms. The quantitative estimate of drug-likeness (QED) is 0.531. The number of hydrogen-bond acceptors (Lipinski definition) is 6. The second-order valence-electron chi connectivity index (χ2n) is 5.90. The second kappa shape index (κ2) is 8.27. The van der Waals surface area contributed by atoms with Crippen LogP contribution in [0.4, 0.5) is 5.82 Å². The van der Waals surface area contributed by atoms with Gasteiger partial charge in [-0.25, -0.2) is 4.79 Å². The normalized spacial score (nSPS) is 12.2. The molecule has 0 aliphatic rings. The molecule has 0 saturated heterocycles. The molecule has 3 aromatic rings. The van der Waals surface area contributed by atoms with Crippen LogP contribution in [0.3, 0.4) is 0 Å². The fraction of sp³-hybridized carbons (Fsp3) is 0.200. The van der Waals surface area contributed by atoms with Gasteiger partial charge in [-0.3, -0.25) is 9.78 Å². The molecule has 1 aromatic carbocycles. The Labute approximate surface area is 156 Å². The van der Waals surface area contributed by atoms with Gasteiger partial charge in [-0.15, -0.1) is 0 Å². The first kappa shape index (κ1) is 18.3. The molecule has 7 heteroatoms. The maximum atomic E-state index is 12.2. The lowest BCUT2D eigenvalue weighted by atomic mass is 10.1. The number of benzene rings is 1. The highest BCUT2D eigenvalue weighted by Crippen LogP contribution is 2.17. The Morgan fingerprint density at radius 2 is 2.11 bits per heavy atom. The van der Waals surface area contributed by atoms with Crippen LogP contribution < -0.4 is 5.32 Å². The number of pyridine rings is 1. The average Bonchev–Trinajstić information content (AvgIpc) is 3.08. The SMILES string of the molecule is CCC(OC(=O)/C=C/c1cccc2cccnc12)C(=O)Nc1cc(C)on1. The van der Waals surface area contributed by atoms with Gasteiger partial charge < -0.3 is 14.6 Å². The Bertz CT molecular complexity index is 988. The molecular formula is C20H19N3O4. The number of esters is 1. The van der Waals surface area contributed by atoms with E-state index < -0.39 is 18.0 Å². The Kier molecular flexibility index (Phi) is 5.61. The molecule has 0 aliphatic heterocycles. The first-order chi connectivity index (χ1) is 13.1. The summed E-state index contributed by atoms with van der Waals surface area (Å²) in [6.45, 7) is 3.47. The number of amides is 1. The lowest BCUT2D eigenvalue weighted by Crippen LogP contribution is -2.31. The van der Waals surface area contributed by atoms with Crippen LogP contribution in [0.1, 0.15) is 24.7 Å². The number of nitrogens with one attached hydrogen (secondary N) is 1. The lowest BCUT2D eigenvalue weighted by Gasteiger charge is -2.13. The summed E-state index contributed by atoms with van der Waals surface area (Å²) in [4.78, 5) is 28.7. The summed E-state index contributed by atoms with van der Waals surface area (Å²) >= 11 is 0. The van der Waals surface area contributed by atoms with E-state index in [9.17, 15) is 9.59 Å². The fourth-order valence-corrected chi connectivity index (χ4v) is 2.55. The fourth-order valence-electron chi connectivity index (χ4n) is 2.55. The highest BCUT2D eigenvalue weighted by atomic mass is 16.5. The summed E-state index contributed by atoms with van der Waals surface area (Å²) < 4.78 is 10.2. The monoisotopic (exact) mass is 365 g/mol. The summed E-state index contributed by atoms with van der Waals surface area (Å²) in [5, 5.41) is 7.22. The third-order valence-electron chi connectivity index (χ3n) is 3.86. The van der Waals surface area contributed by atoms with E-state index in [1.165, 1.54) is 6.08 Å². The van der Waals surface area contributed by atoms with E-state index in [0.29, 0.717) is 12.2 Å². The minimum atomic E-state index is -0.926. The maximum Gasteiger partial charge on any atom is 0.331 e. The van der Waals surface area contributed by atoms with Gasteiger partial charge in [0.05, 0.1) is 5.52 Å². The minimum Gasteiger partial charge on any atom is -0.449 e. The number of anilines is 1. The molecule has 138 valence electrons. The summed E-state index contributed by atoms with van der Waals surface area (Å²) in [7, 11) is 0. The zero-order chi connectivity index (χ0) is 19.2. The highest BCUT2D eigenvalue weighted by Gasteiger charge is 2.21. The highest BCUT2D eigenvalue weighted by molar-refractivity contribution is 5.97. The molecule has 7 nitrogen and oxygen atoms in total. The van der Waals surface area contributed by atoms with Gasteiger partial charge in [-0.05, 0) is 25.5 Å². The van der Waals surface area contributed by atoms with Crippen molar-refractivity contribution in [3.63, 3.8) is 0 Å². The number of ether oxygens (including phenoxy) is 1. The van der Waals surface area contributed by atoms with E-state index in [-0.39, 0.29) is 5.82 Å². The number of hydrogen-bond donors (Lipinski definition) is 1. The number of para-hydroxylation sites is 1. The summed E-state index contributed by atoms with van der Waals surface area (Å²) in [6.07, 6.45) is 4.02. The van der Waals surface area contributed by atoms with Crippen molar-refractivity contribution in [3.8, 4) is 0 Å². The van der Waals surface area contributed by atoms with Crippen molar-refractivity contribution < 1.29 is 18.8 Å². The van der Waals surface area contributed by atoms with Gasteiger partial charge >= 0.3 is 5.97 Å². The maximum absolute atomic E-state index is 12.2. The molecule has 2 heterocycles. The van der Waals surface area contributed by atoms with Gasteiger partial charge in [-0.1, -0.05) is 36.3 Å². The van der Waals surface area contributed by atoms with Gasteiger partial charge in [0.15, 0.2) is 11.9 Å². The second-order valence-corrected chi connectivity index (χ2v) is 5.90. The Balaban J connectivity index is 1.66. The van der Waals surface area contributed by atoms with Crippen LogP contribution in [-0.2, 0) is 14.3 Å². The van der Waals surface area contributed by atoms with Crippen LogP contribution in [0.5, 0.6) is 0 Å². The van der Waals surface area contributed by atoms with Crippen LogP contribution >= 0.6 is 0 Å². The molecule has 0 radical (unpaired) electrons. The van der Waals surface area contributed by atoms with Crippen molar-refractivity contribution in [3.05, 3.63) is 60.0 Å². The molecule has 1 unspecified atom stereocenters. The van der Waals surface area contributed by atoms with E-state index in [1.54, 1.807) is 32.2 Å². The van der Waals surface area contributed by atoms with Gasteiger partial charge in [0.25, 0.3) is 5.91 Å². The topological polar surface area (TPSA) is 94.3 Å². The largest absolute Gasteiger partial charge is 0.449 e. The number of fused-ring (bicyclic) bond motifs is 1. The summed E-state index contributed by atoms with van der Waals surface area (Å²) in [5.74, 6) is -0.216. The van der Waals surface area contributed by atoms with Crippen LogP contribution in [0.15, 0.2) is 53.2 Å². The molecule has 0 bridgehead atoms. The Morgan fingerprint density at radius 3 is 2.85 bits per heavy atom. The van der Waals surface area contributed by atoms with E-state index in [2.05, 4.69) is 15.5 Å². The van der Waals surface area contributed by atoms with Gasteiger partial charge in [0.2, 0.25) is 0 Å². The number of aryl methyl sites for hydroxylation is 1. The number of rotatable bonds is 6. The molecule has 0 spiro atoms. The predicted molar refractivity (Wildman–Crippen MR) is 101 cm³/mol. The molecule has 1 atom stereocenters. The van der Waals surface area contributed by atoms with E-state index >= 15 is 0 Å². The van der Waals surface area contributed by atoms with Crippen molar-refractivity contribution in [2.24, 2.45) is 0 Å². The van der Waals surface area contributed by atoms with Crippen LogP contribution in [0.2, 0.25) is 0 Å². The molecule has 1 amide bonds. The van der Waals surface area contributed by atoms with Gasteiger partial charge in [0.1, 0.15) is 5.76 Å². The number of carbonyl (C=O) groups is 2. The zero-order valence-corrected chi connectivity index (χ0v) is 15.0. The number of nitrogens with zero attached hydrogens (tertiary/aromatic N) is 2. The standard InChI is InChI=1S/C20H19N3O4/c1-3-16(20(25)22-17-12-13(2)27-23-17)26-18(24)10-9-15-7-4-6-14-8-5-11-21-19(14)15/h4-12,16H,3H2,1-2H3,(H,22,23,25)/b10-9+. The number of carbonyl (C=O) groups excluding carboxylic acids is 2. The summed E-state index contributed by atoms with van der Waals surface area (Å²) in [6, 6.07) is 11.1. The third-order valence-corrected chi connectivity index (χ3v) is 3.86. The molecule has 0 aliphatic carbocycles. The van der Waals surface area contributed by atoms with E-state index in [1.807, 2.05) is 30.3 Å². The van der Waals surface area contributed by atoms with Gasteiger partial charge in [0, 0.05) is 29.3 Å².